The van der Waals surface area contributed by atoms with Crippen LogP contribution in [0.1, 0.15) is 29.9 Å². The van der Waals surface area contributed by atoms with Crippen LogP contribution in [0.4, 0.5) is 11.4 Å². The van der Waals surface area contributed by atoms with Crippen LogP contribution in [0.5, 0.6) is 0 Å². The second-order valence-electron chi connectivity index (χ2n) is 5.82. The van der Waals surface area contributed by atoms with Gasteiger partial charge in [-0.05, 0) is 45.0 Å². The summed E-state index contributed by atoms with van der Waals surface area (Å²) < 4.78 is 5.35. The second kappa shape index (κ2) is 6.66. The molecule has 0 saturated heterocycles. The van der Waals surface area contributed by atoms with Gasteiger partial charge < -0.3 is 10.1 Å². The number of nitrogens with zero attached hydrogens (tertiary/aromatic N) is 2. The zero-order valence-electron chi connectivity index (χ0n) is 13.9. The normalized spacial score (nSPS) is 10.8. The molecule has 0 fully saturated rings. The summed E-state index contributed by atoms with van der Waals surface area (Å²) in [5.41, 5.74) is 3.40. The molecule has 1 N–H and O–H groups in total. The molecule has 0 amide bonds. The van der Waals surface area contributed by atoms with Gasteiger partial charge in [-0.3, -0.25) is 0 Å². The van der Waals surface area contributed by atoms with Crippen molar-refractivity contribution in [3.8, 4) is 0 Å². The molecule has 3 rings (SSSR count). The lowest BCUT2D eigenvalue weighted by atomic mass is 10.1. The SMILES string of the molecule is Cc1ccc2c(Nc3ccccc3)c(C(=O)OC(C)C)cnc2n1. The summed E-state index contributed by atoms with van der Waals surface area (Å²) in [4.78, 5) is 21.2. The number of fused-ring (bicyclic) bond motifs is 1. The van der Waals surface area contributed by atoms with E-state index in [0.29, 0.717) is 16.9 Å². The number of benzene rings is 1. The topological polar surface area (TPSA) is 64.1 Å². The molecule has 2 aromatic heterocycles. The Balaban J connectivity index is 2.14. The Hall–Kier alpha value is -2.95. The second-order valence-corrected chi connectivity index (χ2v) is 5.82. The van der Waals surface area contributed by atoms with Crippen molar-refractivity contribution >= 4 is 28.4 Å². The number of pyridine rings is 2. The first-order valence-electron chi connectivity index (χ1n) is 7.84. The molecule has 24 heavy (non-hydrogen) atoms. The van der Waals surface area contributed by atoms with E-state index in [1.54, 1.807) is 0 Å². The van der Waals surface area contributed by atoms with Crippen molar-refractivity contribution in [3.63, 3.8) is 0 Å². The molecule has 0 aliphatic carbocycles. The average Bonchev–Trinajstić information content (AvgIpc) is 2.55. The van der Waals surface area contributed by atoms with Crippen molar-refractivity contribution in [2.75, 3.05) is 5.32 Å². The molecule has 0 saturated carbocycles. The van der Waals surface area contributed by atoms with E-state index in [2.05, 4.69) is 15.3 Å². The van der Waals surface area contributed by atoms with Crippen LogP contribution in [0.15, 0.2) is 48.7 Å². The minimum Gasteiger partial charge on any atom is -0.459 e. The number of hydrogen-bond acceptors (Lipinski definition) is 5. The molecular formula is C19H19N3O2. The van der Waals surface area contributed by atoms with E-state index >= 15 is 0 Å². The number of nitrogens with one attached hydrogen (secondary N) is 1. The van der Waals surface area contributed by atoms with Crippen LogP contribution < -0.4 is 5.32 Å². The van der Waals surface area contributed by atoms with Crippen molar-refractivity contribution in [2.45, 2.75) is 26.9 Å². The summed E-state index contributed by atoms with van der Waals surface area (Å²) in [6.45, 7) is 5.55. The first kappa shape index (κ1) is 15.9. The summed E-state index contributed by atoms with van der Waals surface area (Å²) >= 11 is 0. The summed E-state index contributed by atoms with van der Waals surface area (Å²) in [6.07, 6.45) is 1.32. The number of hydrogen-bond donors (Lipinski definition) is 1. The number of carbonyl (C=O) groups is 1. The number of anilines is 2. The molecule has 0 atom stereocenters. The number of rotatable bonds is 4. The Bertz CT molecular complexity index is 876. The molecule has 122 valence electrons. The maximum atomic E-state index is 12.5. The standard InChI is InChI=1S/C19H19N3O2/c1-12(2)24-19(23)16-11-20-18-15(10-9-13(3)21-18)17(16)22-14-7-5-4-6-8-14/h4-12H,1-3H3,(H,20,21,22). The fourth-order valence-corrected chi connectivity index (χ4v) is 2.40. The largest absolute Gasteiger partial charge is 0.459 e. The van der Waals surface area contributed by atoms with Gasteiger partial charge >= 0.3 is 5.97 Å². The first-order chi connectivity index (χ1) is 11.5. The number of ether oxygens (including phenoxy) is 1. The van der Waals surface area contributed by atoms with E-state index in [9.17, 15) is 4.79 Å². The summed E-state index contributed by atoms with van der Waals surface area (Å²) in [5.74, 6) is -0.404. The van der Waals surface area contributed by atoms with Gasteiger partial charge in [0.25, 0.3) is 0 Å². The summed E-state index contributed by atoms with van der Waals surface area (Å²) in [6, 6.07) is 13.5. The number of esters is 1. The lowest BCUT2D eigenvalue weighted by Gasteiger charge is -2.15. The monoisotopic (exact) mass is 321 g/mol. The molecule has 0 aliphatic rings. The van der Waals surface area contributed by atoms with Crippen LogP contribution in [-0.4, -0.2) is 22.0 Å². The molecule has 3 aromatic rings. The maximum Gasteiger partial charge on any atom is 0.342 e. The van der Waals surface area contributed by atoms with Gasteiger partial charge in [0.2, 0.25) is 0 Å². The quantitative estimate of drug-likeness (QED) is 0.728. The van der Waals surface area contributed by atoms with E-state index in [0.717, 1.165) is 16.8 Å². The van der Waals surface area contributed by atoms with Crippen LogP contribution in [0.2, 0.25) is 0 Å². The zero-order chi connectivity index (χ0) is 17.1. The predicted molar refractivity (Wildman–Crippen MR) is 94.6 cm³/mol. The van der Waals surface area contributed by atoms with Crippen LogP contribution in [0, 0.1) is 6.92 Å². The van der Waals surface area contributed by atoms with Gasteiger partial charge in [0.1, 0.15) is 5.56 Å². The highest BCUT2D eigenvalue weighted by Gasteiger charge is 2.18. The van der Waals surface area contributed by atoms with E-state index in [1.165, 1.54) is 6.20 Å². The Morgan fingerprint density at radius 1 is 1.12 bits per heavy atom. The molecule has 0 bridgehead atoms. The van der Waals surface area contributed by atoms with E-state index in [-0.39, 0.29) is 6.10 Å². The van der Waals surface area contributed by atoms with Crippen LogP contribution >= 0.6 is 0 Å². The lowest BCUT2D eigenvalue weighted by molar-refractivity contribution is 0.0379. The predicted octanol–water partition coefficient (Wildman–Crippen LogP) is 4.25. The number of carbonyl (C=O) groups excluding carboxylic acids is 1. The minimum atomic E-state index is -0.404. The van der Waals surface area contributed by atoms with Gasteiger partial charge in [-0.2, -0.15) is 0 Å². The van der Waals surface area contributed by atoms with E-state index < -0.39 is 5.97 Å². The van der Waals surface area contributed by atoms with Gasteiger partial charge in [-0.25, -0.2) is 14.8 Å². The van der Waals surface area contributed by atoms with Gasteiger partial charge in [-0.15, -0.1) is 0 Å². The molecule has 2 heterocycles. The smallest absolute Gasteiger partial charge is 0.342 e. The summed E-state index contributed by atoms with van der Waals surface area (Å²) in [5, 5.41) is 4.09. The van der Waals surface area contributed by atoms with Gasteiger partial charge in [-0.1, -0.05) is 18.2 Å². The van der Waals surface area contributed by atoms with Gasteiger partial charge in [0, 0.05) is 23.0 Å². The molecular weight excluding hydrogens is 302 g/mol. The maximum absolute atomic E-state index is 12.5. The van der Waals surface area contributed by atoms with Crippen molar-refractivity contribution in [3.05, 3.63) is 59.9 Å². The molecule has 5 heteroatoms. The third-order valence-corrected chi connectivity index (χ3v) is 3.47. The molecule has 0 unspecified atom stereocenters. The highest BCUT2D eigenvalue weighted by Crippen LogP contribution is 2.29. The average molecular weight is 321 g/mol. The fourth-order valence-electron chi connectivity index (χ4n) is 2.40. The zero-order valence-corrected chi connectivity index (χ0v) is 13.9. The molecule has 5 nitrogen and oxygen atoms in total. The Labute approximate surface area is 140 Å². The van der Waals surface area contributed by atoms with Crippen LogP contribution in [0.25, 0.3) is 11.0 Å². The summed E-state index contributed by atoms with van der Waals surface area (Å²) in [7, 11) is 0. The van der Waals surface area contributed by atoms with E-state index in [4.69, 9.17) is 4.74 Å². The van der Waals surface area contributed by atoms with Crippen molar-refractivity contribution in [2.24, 2.45) is 0 Å². The number of para-hydroxylation sites is 1. The Morgan fingerprint density at radius 2 is 1.88 bits per heavy atom. The third-order valence-electron chi connectivity index (χ3n) is 3.47. The molecule has 0 radical (unpaired) electrons. The third kappa shape index (κ3) is 3.35. The van der Waals surface area contributed by atoms with Crippen molar-refractivity contribution in [1.82, 2.24) is 9.97 Å². The number of aryl methyl sites for hydroxylation is 1. The number of aromatic nitrogens is 2. The van der Waals surface area contributed by atoms with Gasteiger partial charge in [0.05, 0.1) is 11.8 Å². The molecule has 0 spiro atoms. The van der Waals surface area contributed by atoms with Crippen LogP contribution in [-0.2, 0) is 4.74 Å². The van der Waals surface area contributed by atoms with Crippen molar-refractivity contribution in [1.29, 1.82) is 0 Å². The Kier molecular flexibility index (Phi) is 4.42. The Morgan fingerprint density at radius 3 is 2.58 bits per heavy atom. The molecule has 0 aliphatic heterocycles. The van der Waals surface area contributed by atoms with Crippen LogP contribution in [0.3, 0.4) is 0 Å². The molecule has 1 aromatic carbocycles. The minimum absolute atomic E-state index is 0.200. The first-order valence-corrected chi connectivity index (χ1v) is 7.84. The fraction of sp³-hybridized carbons (Fsp3) is 0.211. The van der Waals surface area contributed by atoms with E-state index in [1.807, 2.05) is 63.2 Å². The highest BCUT2D eigenvalue weighted by atomic mass is 16.5. The lowest BCUT2D eigenvalue weighted by Crippen LogP contribution is -2.14. The van der Waals surface area contributed by atoms with Gasteiger partial charge in [0.15, 0.2) is 5.65 Å². The van der Waals surface area contributed by atoms with Crippen molar-refractivity contribution < 1.29 is 9.53 Å². The highest BCUT2D eigenvalue weighted by molar-refractivity contribution is 6.05.